The van der Waals surface area contributed by atoms with E-state index < -0.39 is 0 Å². The number of ether oxygens (including phenoxy) is 1. The lowest BCUT2D eigenvalue weighted by Crippen LogP contribution is -2.21. The molecule has 0 radical (unpaired) electrons. The molecule has 3 aromatic rings. The monoisotopic (exact) mass is 390 g/mol. The Morgan fingerprint density at radius 1 is 1.07 bits per heavy atom. The molecule has 0 atom stereocenters. The average Bonchev–Trinajstić information content (AvgIpc) is 2.77. The van der Waals surface area contributed by atoms with Crippen molar-refractivity contribution < 1.29 is 9.53 Å². The minimum atomic E-state index is -0.268. The second-order valence-electron chi connectivity index (χ2n) is 6.79. The van der Waals surface area contributed by atoms with Crippen molar-refractivity contribution in [2.45, 2.75) is 26.4 Å². The normalized spacial score (nSPS) is 10.4. The molecule has 0 saturated carbocycles. The summed E-state index contributed by atoms with van der Waals surface area (Å²) >= 11 is 0. The highest BCUT2D eigenvalue weighted by Gasteiger charge is 2.11. The molecular formula is C23H26N4O2. The van der Waals surface area contributed by atoms with E-state index in [0.29, 0.717) is 18.0 Å². The number of carbonyl (C=O) groups excluding carboxylic acids is 1. The summed E-state index contributed by atoms with van der Waals surface area (Å²) < 4.78 is 5.77. The molecule has 150 valence electrons. The van der Waals surface area contributed by atoms with Gasteiger partial charge in [-0.3, -0.25) is 4.79 Å². The fourth-order valence-corrected chi connectivity index (χ4v) is 2.76. The van der Waals surface area contributed by atoms with Crippen molar-refractivity contribution in [2.24, 2.45) is 0 Å². The third-order valence-corrected chi connectivity index (χ3v) is 4.48. The van der Waals surface area contributed by atoms with E-state index in [0.717, 1.165) is 36.5 Å². The first-order chi connectivity index (χ1) is 14.2. The molecule has 0 bridgehead atoms. The van der Waals surface area contributed by atoms with Gasteiger partial charge >= 0.3 is 0 Å². The van der Waals surface area contributed by atoms with Gasteiger partial charge in [-0.15, -0.1) is 0 Å². The number of aromatic nitrogens is 2. The lowest BCUT2D eigenvalue weighted by Gasteiger charge is -2.17. The first-order valence-electron chi connectivity index (χ1n) is 9.77. The maximum absolute atomic E-state index is 12.5. The molecule has 0 fully saturated rings. The Hall–Kier alpha value is -3.41. The van der Waals surface area contributed by atoms with E-state index in [1.165, 1.54) is 6.33 Å². The summed E-state index contributed by atoms with van der Waals surface area (Å²) in [5.41, 5.74) is 2.12. The molecule has 0 spiro atoms. The van der Waals surface area contributed by atoms with E-state index in [9.17, 15) is 4.79 Å². The lowest BCUT2D eigenvalue weighted by atomic mass is 10.2. The smallest absolute Gasteiger partial charge is 0.274 e. The number of nitrogens with one attached hydrogen (secondary N) is 1. The van der Waals surface area contributed by atoms with Crippen molar-refractivity contribution in [3.63, 3.8) is 0 Å². The predicted octanol–water partition coefficient (Wildman–Crippen LogP) is 4.54. The molecule has 1 aromatic heterocycles. The quantitative estimate of drug-likeness (QED) is 0.581. The van der Waals surface area contributed by atoms with E-state index in [1.807, 2.05) is 66.5 Å². The molecule has 6 nitrogen and oxygen atoms in total. The Morgan fingerprint density at radius 2 is 1.83 bits per heavy atom. The summed E-state index contributed by atoms with van der Waals surface area (Å²) in [7, 11) is 1.97. The van der Waals surface area contributed by atoms with E-state index >= 15 is 0 Å². The van der Waals surface area contributed by atoms with Crippen molar-refractivity contribution in [1.82, 2.24) is 9.97 Å². The largest absolute Gasteiger partial charge is 0.489 e. The molecule has 29 heavy (non-hydrogen) atoms. The van der Waals surface area contributed by atoms with E-state index in [2.05, 4.69) is 22.2 Å². The summed E-state index contributed by atoms with van der Waals surface area (Å²) in [4.78, 5) is 22.9. The molecule has 1 heterocycles. The van der Waals surface area contributed by atoms with Crippen molar-refractivity contribution in [3.8, 4) is 5.75 Å². The number of hydrogen-bond donors (Lipinski definition) is 1. The average molecular weight is 390 g/mol. The molecule has 2 aromatic carbocycles. The van der Waals surface area contributed by atoms with Crippen LogP contribution < -0.4 is 15.0 Å². The van der Waals surface area contributed by atoms with Crippen LogP contribution in [-0.2, 0) is 6.61 Å². The van der Waals surface area contributed by atoms with Crippen LogP contribution in [0.1, 0.15) is 35.8 Å². The third kappa shape index (κ3) is 6.04. The van der Waals surface area contributed by atoms with Crippen LogP contribution in [0.3, 0.4) is 0 Å². The van der Waals surface area contributed by atoms with Gasteiger partial charge in [0.2, 0.25) is 0 Å². The van der Waals surface area contributed by atoms with E-state index in [1.54, 1.807) is 6.07 Å². The number of nitrogens with zero attached hydrogens (tertiary/aromatic N) is 3. The van der Waals surface area contributed by atoms with Crippen LogP contribution in [0.2, 0.25) is 0 Å². The number of rotatable bonds is 9. The maximum Gasteiger partial charge on any atom is 0.274 e. The molecule has 6 heteroatoms. The molecule has 0 saturated heterocycles. The summed E-state index contributed by atoms with van der Waals surface area (Å²) in [5.74, 6) is 1.22. The Morgan fingerprint density at radius 3 is 2.55 bits per heavy atom. The fraction of sp³-hybridized carbons (Fsp3) is 0.261. The Balaban J connectivity index is 1.57. The van der Waals surface area contributed by atoms with Crippen molar-refractivity contribution in [1.29, 1.82) is 0 Å². The van der Waals surface area contributed by atoms with Crippen LogP contribution in [0, 0.1) is 0 Å². The van der Waals surface area contributed by atoms with Gasteiger partial charge in [-0.25, -0.2) is 9.97 Å². The second kappa shape index (κ2) is 10.2. The Labute approximate surface area is 171 Å². The Bertz CT molecular complexity index is 914. The van der Waals surface area contributed by atoms with Gasteiger partial charge in [0.1, 0.15) is 30.2 Å². The molecule has 0 unspecified atom stereocenters. The van der Waals surface area contributed by atoms with Crippen LogP contribution in [0.15, 0.2) is 67.0 Å². The first-order valence-corrected chi connectivity index (χ1v) is 9.77. The van der Waals surface area contributed by atoms with E-state index in [4.69, 9.17) is 4.74 Å². The van der Waals surface area contributed by atoms with Crippen LogP contribution in [0.25, 0.3) is 0 Å². The van der Waals surface area contributed by atoms with Crippen LogP contribution in [0.5, 0.6) is 5.75 Å². The highest BCUT2D eigenvalue weighted by molar-refractivity contribution is 6.03. The minimum Gasteiger partial charge on any atom is -0.489 e. The fourth-order valence-electron chi connectivity index (χ4n) is 2.76. The maximum atomic E-state index is 12.5. The van der Waals surface area contributed by atoms with Gasteiger partial charge in [0, 0.05) is 25.3 Å². The zero-order chi connectivity index (χ0) is 20.5. The topological polar surface area (TPSA) is 67.4 Å². The molecular weight excluding hydrogens is 364 g/mol. The zero-order valence-electron chi connectivity index (χ0n) is 16.8. The summed E-state index contributed by atoms with van der Waals surface area (Å²) in [6.07, 6.45) is 3.60. The molecule has 3 rings (SSSR count). The predicted molar refractivity (Wildman–Crippen MR) is 115 cm³/mol. The van der Waals surface area contributed by atoms with Gasteiger partial charge in [0.15, 0.2) is 0 Å². The zero-order valence-corrected chi connectivity index (χ0v) is 16.8. The van der Waals surface area contributed by atoms with Gasteiger partial charge in [-0.05, 0) is 36.2 Å². The number of anilines is 2. The van der Waals surface area contributed by atoms with E-state index in [-0.39, 0.29) is 5.91 Å². The van der Waals surface area contributed by atoms with Gasteiger partial charge in [0.25, 0.3) is 5.91 Å². The van der Waals surface area contributed by atoms with Gasteiger partial charge < -0.3 is 15.0 Å². The van der Waals surface area contributed by atoms with Gasteiger partial charge in [0.05, 0.1) is 0 Å². The molecule has 1 N–H and O–H groups in total. The molecule has 1 amide bonds. The second-order valence-corrected chi connectivity index (χ2v) is 6.79. The van der Waals surface area contributed by atoms with Gasteiger partial charge in [-0.2, -0.15) is 0 Å². The lowest BCUT2D eigenvalue weighted by molar-refractivity contribution is 0.102. The minimum absolute atomic E-state index is 0.268. The third-order valence-electron chi connectivity index (χ3n) is 4.48. The summed E-state index contributed by atoms with van der Waals surface area (Å²) in [5, 5.41) is 2.87. The molecule has 0 aliphatic carbocycles. The standard InChI is InChI=1S/C23H26N4O2/c1-3-4-14-27(2)22-15-21(24-17-25-22)23(28)26-19-10-12-20(13-11-19)29-16-18-8-6-5-7-9-18/h5-13,15,17H,3-4,14,16H2,1-2H3,(H,26,28). The Kier molecular flexibility index (Phi) is 7.16. The van der Waals surface area contributed by atoms with Crippen molar-refractivity contribution in [2.75, 3.05) is 23.8 Å². The highest BCUT2D eigenvalue weighted by atomic mass is 16.5. The summed E-state index contributed by atoms with van der Waals surface area (Å²) in [6, 6.07) is 19.0. The first kappa shape index (κ1) is 20.3. The summed E-state index contributed by atoms with van der Waals surface area (Å²) in [6.45, 7) is 3.53. The number of hydrogen-bond acceptors (Lipinski definition) is 5. The van der Waals surface area contributed by atoms with Crippen LogP contribution in [-0.4, -0.2) is 29.5 Å². The number of unbranched alkanes of at least 4 members (excludes halogenated alkanes) is 1. The number of benzene rings is 2. The van der Waals surface area contributed by atoms with Gasteiger partial charge in [-0.1, -0.05) is 43.7 Å². The highest BCUT2D eigenvalue weighted by Crippen LogP contribution is 2.18. The van der Waals surface area contributed by atoms with Crippen LogP contribution in [0.4, 0.5) is 11.5 Å². The number of amides is 1. The van der Waals surface area contributed by atoms with Crippen molar-refractivity contribution in [3.05, 3.63) is 78.2 Å². The number of carbonyl (C=O) groups is 1. The van der Waals surface area contributed by atoms with Crippen molar-refractivity contribution >= 4 is 17.4 Å². The molecule has 0 aliphatic heterocycles. The van der Waals surface area contributed by atoms with Crippen LogP contribution >= 0.6 is 0 Å². The molecule has 0 aliphatic rings. The SMILES string of the molecule is CCCCN(C)c1cc(C(=O)Nc2ccc(OCc3ccccc3)cc2)ncn1.